The highest BCUT2D eigenvalue weighted by atomic mass is 16.7. The smallest absolute Gasteiger partial charge is 0.338 e. The van der Waals surface area contributed by atoms with Crippen LogP contribution in [0.3, 0.4) is 0 Å². The van der Waals surface area contributed by atoms with Crippen LogP contribution in [0.5, 0.6) is 0 Å². The number of carbonyl (C=O) groups excluding carboxylic acids is 4. The molecule has 4 atom stereocenters. The molecule has 1 aliphatic heterocycles. The van der Waals surface area contributed by atoms with Crippen molar-refractivity contribution in [2.24, 2.45) is 5.73 Å². The fourth-order valence-corrected chi connectivity index (χ4v) is 4.49. The monoisotopic (exact) mass is 567 g/mol. The largest absolute Gasteiger partial charge is 0.459 e. The fraction of sp³-hybridized carbons (Fsp3) is 0.156. The van der Waals surface area contributed by atoms with Crippen molar-refractivity contribution in [3.05, 3.63) is 138 Å². The topological polar surface area (TPSA) is 135 Å². The molecule has 10 heteroatoms. The van der Waals surface area contributed by atoms with Crippen molar-refractivity contribution in [1.29, 1.82) is 0 Å². The minimum atomic E-state index is -1.21. The molecule has 1 aliphatic rings. The SMILES string of the molecule is NC(=O)c1ccc[n+]([C@@H]2O[C@H](COC(=O)c3ccccc3)[C@@H](OC(=O)c3ccccc3)[C@H]2OC(=O)c2ccccc2)c1. The van der Waals surface area contributed by atoms with Gasteiger partial charge < -0.3 is 24.7 Å². The molecule has 212 valence electrons. The number of carbonyl (C=O) groups is 4. The molecule has 1 amide bonds. The minimum absolute atomic E-state index is 0.172. The van der Waals surface area contributed by atoms with Crippen molar-refractivity contribution in [3.8, 4) is 0 Å². The van der Waals surface area contributed by atoms with Gasteiger partial charge in [-0.1, -0.05) is 54.6 Å². The summed E-state index contributed by atoms with van der Waals surface area (Å²) in [4.78, 5) is 51.1. The maximum atomic E-state index is 13.2. The third-order valence-electron chi connectivity index (χ3n) is 6.58. The van der Waals surface area contributed by atoms with E-state index >= 15 is 0 Å². The lowest BCUT2D eigenvalue weighted by Crippen LogP contribution is -2.49. The Labute approximate surface area is 241 Å². The van der Waals surface area contributed by atoms with E-state index in [2.05, 4.69) is 0 Å². The normalized spacial score (nSPS) is 19.4. The van der Waals surface area contributed by atoms with Crippen molar-refractivity contribution in [2.75, 3.05) is 6.61 Å². The number of rotatable bonds is 9. The number of benzene rings is 3. The van der Waals surface area contributed by atoms with Crippen LogP contribution in [0.4, 0.5) is 0 Å². The Hall–Kier alpha value is -5.35. The maximum Gasteiger partial charge on any atom is 0.338 e. The van der Waals surface area contributed by atoms with Crippen LogP contribution in [0.2, 0.25) is 0 Å². The number of nitrogens with two attached hydrogens (primary N) is 1. The standard InChI is InChI=1S/C32H26N2O8/c33-28(35)24-17-10-18-34(19-24)29-27(42-32(38)23-15-8-3-9-16-23)26(41-31(37)22-13-6-2-7-14-22)25(40-29)20-39-30(36)21-11-4-1-5-12-21/h1-19,25-27,29H,20H2,(H-,33,35)/p+1/t25-,26-,27-,29-/m1/s1. The van der Waals surface area contributed by atoms with Gasteiger partial charge in [0, 0.05) is 6.07 Å². The Kier molecular flexibility index (Phi) is 8.64. The van der Waals surface area contributed by atoms with E-state index in [9.17, 15) is 19.2 Å². The van der Waals surface area contributed by atoms with Gasteiger partial charge in [0.25, 0.3) is 5.91 Å². The van der Waals surface area contributed by atoms with E-state index in [-0.39, 0.29) is 23.3 Å². The highest BCUT2D eigenvalue weighted by Crippen LogP contribution is 2.32. The summed E-state index contributed by atoms with van der Waals surface area (Å²) < 4.78 is 25.1. The molecule has 0 bridgehead atoms. The van der Waals surface area contributed by atoms with Crippen molar-refractivity contribution in [1.82, 2.24) is 0 Å². The summed E-state index contributed by atoms with van der Waals surface area (Å²) in [6.45, 7) is -0.327. The Morgan fingerprint density at radius 3 is 1.64 bits per heavy atom. The highest BCUT2D eigenvalue weighted by Gasteiger charge is 2.55. The summed E-state index contributed by atoms with van der Waals surface area (Å²) in [5, 5.41) is 0. The molecular formula is C32H27N2O8+. The summed E-state index contributed by atoms with van der Waals surface area (Å²) >= 11 is 0. The molecule has 0 spiro atoms. The number of ether oxygens (including phenoxy) is 4. The van der Waals surface area contributed by atoms with E-state index in [1.165, 1.54) is 16.8 Å². The third kappa shape index (κ3) is 6.51. The molecule has 0 radical (unpaired) electrons. The molecule has 1 fully saturated rings. The molecule has 42 heavy (non-hydrogen) atoms. The Morgan fingerprint density at radius 1 is 0.643 bits per heavy atom. The van der Waals surface area contributed by atoms with Crippen LogP contribution in [0.25, 0.3) is 0 Å². The van der Waals surface area contributed by atoms with Crippen LogP contribution >= 0.6 is 0 Å². The number of esters is 3. The van der Waals surface area contributed by atoms with Crippen LogP contribution in [0, 0.1) is 0 Å². The van der Waals surface area contributed by atoms with Crippen molar-refractivity contribution in [3.63, 3.8) is 0 Å². The van der Waals surface area contributed by atoms with Gasteiger partial charge in [0.2, 0.25) is 6.10 Å². The number of hydrogen-bond acceptors (Lipinski definition) is 8. The third-order valence-corrected chi connectivity index (χ3v) is 6.58. The fourth-order valence-electron chi connectivity index (χ4n) is 4.49. The second kappa shape index (κ2) is 12.9. The summed E-state index contributed by atoms with van der Waals surface area (Å²) in [6, 6.07) is 28.0. The van der Waals surface area contributed by atoms with Gasteiger partial charge in [-0.05, 0) is 42.5 Å². The number of primary amides is 1. The predicted octanol–water partition coefficient (Wildman–Crippen LogP) is 3.28. The van der Waals surface area contributed by atoms with Crippen molar-refractivity contribution < 1.29 is 42.7 Å². The van der Waals surface area contributed by atoms with Gasteiger partial charge in [-0.2, -0.15) is 4.57 Å². The van der Waals surface area contributed by atoms with Gasteiger partial charge in [-0.3, -0.25) is 4.79 Å². The molecule has 2 N–H and O–H groups in total. The van der Waals surface area contributed by atoms with E-state index in [1.54, 1.807) is 103 Å². The second-order valence-electron chi connectivity index (χ2n) is 9.41. The molecule has 0 unspecified atom stereocenters. The van der Waals surface area contributed by atoms with Crippen LogP contribution in [0.15, 0.2) is 116 Å². The molecule has 2 heterocycles. The minimum Gasteiger partial charge on any atom is -0.459 e. The van der Waals surface area contributed by atoms with Crippen molar-refractivity contribution >= 4 is 23.8 Å². The lowest BCUT2D eigenvalue weighted by Gasteiger charge is -2.23. The first-order valence-electron chi connectivity index (χ1n) is 13.1. The van der Waals surface area contributed by atoms with Gasteiger partial charge in [0.15, 0.2) is 18.5 Å². The molecule has 10 nitrogen and oxygen atoms in total. The first kappa shape index (κ1) is 28.2. The summed E-state index contributed by atoms with van der Waals surface area (Å²) in [5.41, 5.74) is 6.51. The summed E-state index contributed by atoms with van der Waals surface area (Å²) in [6.07, 6.45) is -1.51. The van der Waals surface area contributed by atoms with Crippen LogP contribution in [-0.2, 0) is 18.9 Å². The Balaban J connectivity index is 1.49. The average molecular weight is 568 g/mol. The van der Waals surface area contributed by atoms with Crippen LogP contribution in [-0.4, -0.2) is 48.7 Å². The van der Waals surface area contributed by atoms with Gasteiger partial charge >= 0.3 is 24.1 Å². The van der Waals surface area contributed by atoms with Gasteiger partial charge in [-0.15, -0.1) is 0 Å². The van der Waals surface area contributed by atoms with Crippen molar-refractivity contribution in [2.45, 2.75) is 24.5 Å². The van der Waals surface area contributed by atoms with E-state index in [0.717, 1.165) is 0 Å². The van der Waals surface area contributed by atoms with Crippen LogP contribution < -0.4 is 10.3 Å². The first-order valence-corrected chi connectivity index (χ1v) is 13.1. The quantitative estimate of drug-likeness (QED) is 0.185. The molecular weight excluding hydrogens is 540 g/mol. The zero-order valence-electron chi connectivity index (χ0n) is 22.3. The van der Waals surface area contributed by atoms with Gasteiger partial charge in [0.1, 0.15) is 18.3 Å². The lowest BCUT2D eigenvalue weighted by atomic mass is 10.1. The number of nitrogens with zero attached hydrogens (tertiary/aromatic N) is 1. The van der Waals surface area contributed by atoms with Gasteiger partial charge in [-0.25, -0.2) is 14.4 Å². The van der Waals surface area contributed by atoms with E-state index in [1.807, 2.05) is 0 Å². The lowest BCUT2D eigenvalue weighted by molar-refractivity contribution is -0.765. The number of pyridine rings is 1. The number of hydrogen-bond donors (Lipinski definition) is 1. The van der Waals surface area contributed by atoms with E-state index in [4.69, 9.17) is 24.7 Å². The molecule has 0 aliphatic carbocycles. The number of amides is 1. The van der Waals surface area contributed by atoms with Gasteiger partial charge in [0.05, 0.1) is 16.7 Å². The zero-order valence-corrected chi connectivity index (χ0v) is 22.3. The van der Waals surface area contributed by atoms with Crippen LogP contribution in [0.1, 0.15) is 47.7 Å². The maximum absolute atomic E-state index is 13.2. The highest BCUT2D eigenvalue weighted by molar-refractivity contribution is 5.92. The molecule has 1 aromatic heterocycles. The predicted molar refractivity (Wildman–Crippen MR) is 147 cm³/mol. The molecule has 3 aromatic carbocycles. The van der Waals surface area contributed by atoms with E-state index in [0.29, 0.717) is 5.56 Å². The zero-order chi connectivity index (χ0) is 29.5. The first-order chi connectivity index (χ1) is 20.4. The Bertz CT molecular complexity index is 1560. The summed E-state index contributed by atoms with van der Waals surface area (Å²) in [5.74, 6) is -2.68. The number of aromatic nitrogens is 1. The Morgan fingerprint density at radius 2 is 1.12 bits per heavy atom. The summed E-state index contributed by atoms with van der Waals surface area (Å²) in [7, 11) is 0. The molecule has 0 saturated carbocycles. The average Bonchev–Trinajstić information content (AvgIpc) is 3.37. The molecule has 5 rings (SSSR count). The second-order valence-corrected chi connectivity index (χ2v) is 9.41. The van der Waals surface area contributed by atoms with E-state index < -0.39 is 48.4 Å². The molecule has 4 aromatic rings. The molecule has 1 saturated heterocycles.